The van der Waals surface area contributed by atoms with E-state index in [4.69, 9.17) is 0 Å². The number of carboxylic acid groups (broad SMARTS) is 1. The molecule has 1 unspecified atom stereocenters. The smallest absolute Gasteiger partial charge is 0.229 e. The summed E-state index contributed by atoms with van der Waals surface area (Å²) < 4.78 is 0. The van der Waals surface area contributed by atoms with E-state index < -0.39 is 5.97 Å². The molecule has 4 heteroatoms. The Labute approximate surface area is 74.0 Å². The molecule has 1 rings (SSSR count). The van der Waals surface area contributed by atoms with Crippen molar-refractivity contribution in [2.45, 2.75) is 25.0 Å². The van der Waals surface area contributed by atoms with Gasteiger partial charge in [-0.05, 0) is 29.7 Å². The van der Waals surface area contributed by atoms with E-state index in [1.807, 2.05) is 5.51 Å². The number of carboxylic acids is 1. The summed E-state index contributed by atoms with van der Waals surface area (Å²) in [6.45, 7) is 0. The number of nitrogens with zero attached hydrogens (tertiary/aromatic N) is 1. The topological polar surface area (TPSA) is 53.0 Å². The molecule has 0 aromatic carbocycles. The number of thiazole rings is 1. The first kappa shape index (κ1) is 9.19. The SMILES string of the molecule is O=C([O-])CCCC[s+]1ccnc1. The van der Waals surface area contributed by atoms with E-state index in [0.29, 0.717) is 6.42 Å². The Hall–Kier alpha value is -0.900. The van der Waals surface area contributed by atoms with Gasteiger partial charge < -0.3 is 9.90 Å². The quantitative estimate of drug-likeness (QED) is 0.502. The van der Waals surface area contributed by atoms with Crippen LogP contribution in [0.15, 0.2) is 17.1 Å². The molecule has 0 saturated heterocycles. The zero-order valence-corrected chi connectivity index (χ0v) is 7.55. The second-order valence-corrected chi connectivity index (χ2v) is 4.37. The predicted octanol–water partition coefficient (Wildman–Crippen LogP) is 0.751. The summed E-state index contributed by atoms with van der Waals surface area (Å²) in [5.74, 6) is 0.0711. The van der Waals surface area contributed by atoms with Crippen molar-refractivity contribution in [2.24, 2.45) is 0 Å². The summed E-state index contributed by atoms with van der Waals surface area (Å²) in [5.41, 5.74) is 1.92. The molecular formula is C8H11NO2S. The number of aliphatic carboxylic acids is 1. The van der Waals surface area contributed by atoms with Gasteiger partial charge in [0, 0.05) is 5.97 Å². The highest BCUT2D eigenvalue weighted by atomic mass is 32.2. The molecule has 66 valence electrons. The molecular weight excluding hydrogens is 174 g/mol. The van der Waals surface area contributed by atoms with Gasteiger partial charge in [0.25, 0.3) is 0 Å². The predicted molar refractivity (Wildman–Crippen MR) is 45.6 cm³/mol. The Morgan fingerprint density at radius 1 is 1.50 bits per heavy atom. The van der Waals surface area contributed by atoms with Crippen LogP contribution in [-0.2, 0) is 10.5 Å². The van der Waals surface area contributed by atoms with Crippen LogP contribution in [0.25, 0.3) is 0 Å². The third-order valence-corrected chi connectivity index (χ3v) is 3.15. The van der Waals surface area contributed by atoms with Crippen LogP contribution in [-0.4, -0.2) is 11.0 Å². The van der Waals surface area contributed by atoms with E-state index >= 15 is 0 Å². The van der Waals surface area contributed by atoms with E-state index in [9.17, 15) is 9.90 Å². The maximum absolute atomic E-state index is 10.0. The highest BCUT2D eigenvalue weighted by Gasteiger charge is 2.01. The number of aromatic nitrogens is 1. The van der Waals surface area contributed by atoms with Crippen molar-refractivity contribution in [3.05, 3.63) is 17.1 Å². The molecule has 0 radical (unpaired) electrons. The van der Waals surface area contributed by atoms with Gasteiger partial charge in [0.2, 0.25) is 5.51 Å². The van der Waals surface area contributed by atoms with Crippen LogP contribution >= 0.6 is 10.5 Å². The second-order valence-electron chi connectivity index (χ2n) is 2.54. The minimum Gasteiger partial charge on any atom is -0.550 e. The Balaban J connectivity index is 2.07. The van der Waals surface area contributed by atoms with Gasteiger partial charge in [-0.2, -0.15) is 0 Å². The van der Waals surface area contributed by atoms with Crippen molar-refractivity contribution in [3.63, 3.8) is 0 Å². The number of rotatable bonds is 5. The molecule has 0 fully saturated rings. The van der Waals surface area contributed by atoms with Gasteiger partial charge in [-0.25, -0.2) is 4.98 Å². The Morgan fingerprint density at radius 2 is 2.33 bits per heavy atom. The molecule has 0 saturated carbocycles. The maximum atomic E-state index is 10.0. The van der Waals surface area contributed by atoms with E-state index in [-0.39, 0.29) is 16.9 Å². The molecule has 0 bridgehead atoms. The van der Waals surface area contributed by atoms with Crippen LogP contribution in [0.3, 0.4) is 0 Å². The number of hydrogen-bond acceptors (Lipinski definition) is 3. The van der Waals surface area contributed by atoms with E-state index in [2.05, 4.69) is 10.4 Å². The number of carbonyl (C=O) groups is 1. The molecule has 3 nitrogen and oxygen atoms in total. The van der Waals surface area contributed by atoms with Gasteiger partial charge in [0.05, 0.1) is 6.20 Å². The lowest BCUT2D eigenvalue weighted by molar-refractivity contribution is -0.305. The highest BCUT2D eigenvalue weighted by Crippen LogP contribution is 2.18. The van der Waals surface area contributed by atoms with Gasteiger partial charge >= 0.3 is 0 Å². The average Bonchev–Trinajstić information content (AvgIpc) is 2.49. The summed E-state index contributed by atoms with van der Waals surface area (Å²) in [6.07, 6.45) is 3.63. The van der Waals surface area contributed by atoms with Crippen molar-refractivity contribution in [1.82, 2.24) is 4.98 Å². The maximum Gasteiger partial charge on any atom is 0.229 e. The Bertz CT molecular complexity index is 233. The standard InChI is InChI=1S/C8H11NO2S/c10-8(11)3-1-2-5-12-6-4-9-7-12/h4,6-7H,1-3,5H2. The number of aryl methyl sites for hydroxylation is 1. The van der Waals surface area contributed by atoms with Crippen LogP contribution in [0.2, 0.25) is 0 Å². The Kier molecular flexibility index (Phi) is 3.73. The monoisotopic (exact) mass is 185 g/mol. The van der Waals surface area contributed by atoms with Crippen LogP contribution in [0.1, 0.15) is 19.3 Å². The number of unbranched alkanes of at least 4 members (excludes halogenated alkanes) is 1. The normalized spacial score (nSPS) is 11.5. The van der Waals surface area contributed by atoms with Crippen LogP contribution in [0.4, 0.5) is 0 Å². The third-order valence-electron chi connectivity index (χ3n) is 1.53. The molecule has 12 heavy (non-hydrogen) atoms. The lowest BCUT2D eigenvalue weighted by Crippen LogP contribution is -2.21. The van der Waals surface area contributed by atoms with Crippen LogP contribution in [0, 0.1) is 0 Å². The number of carbonyl (C=O) groups excluding carboxylic acids is 1. The minimum absolute atomic E-state index is 0.172. The molecule has 0 aliphatic carbocycles. The van der Waals surface area contributed by atoms with E-state index in [1.165, 1.54) is 0 Å². The summed E-state index contributed by atoms with van der Waals surface area (Å²) in [7, 11) is 0.172. The van der Waals surface area contributed by atoms with Crippen molar-refractivity contribution < 1.29 is 9.90 Å². The van der Waals surface area contributed by atoms with Crippen LogP contribution < -0.4 is 5.11 Å². The molecule has 1 heterocycles. The highest BCUT2D eigenvalue weighted by molar-refractivity contribution is 7.27. The molecule has 0 amide bonds. The molecule has 0 aliphatic rings. The average molecular weight is 185 g/mol. The molecule has 1 aromatic rings. The summed E-state index contributed by atoms with van der Waals surface area (Å²) >= 11 is 0. The second kappa shape index (κ2) is 4.87. The van der Waals surface area contributed by atoms with E-state index in [0.717, 1.165) is 12.2 Å². The fourth-order valence-electron chi connectivity index (χ4n) is 0.921. The molecule has 1 aromatic heterocycles. The van der Waals surface area contributed by atoms with Gasteiger partial charge in [-0.15, -0.1) is 0 Å². The summed E-state index contributed by atoms with van der Waals surface area (Å²) in [5, 5.41) is 12.1. The van der Waals surface area contributed by atoms with Crippen LogP contribution in [0.5, 0.6) is 0 Å². The number of hydrogen-bond donors (Lipinski definition) is 0. The molecule has 0 spiro atoms. The molecule has 0 N–H and O–H groups in total. The summed E-state index contributed by atoms with van der Waals surface area (Å²) in [6, 6.07) is 0. The zero-order chi connectivity index (χ0) is 8.81. The summed E-state index contributed by atoms with van der Waals surface area (Å²) in [4.78, 5) is 14.0. The lowest BCUT2D eigenvalue weighted by Gasteiger charge is -1.97. The molecule has 0 aliphatic heterocycles. The van der Waals surface area contributed by atoms with Crippen molar-refractivity contribution in [2.75, 3.05) is 0 Å². The molecule has 1 atom stereocenters. The van der Waals surface area contributed by atoms with Crippen molar-refractivity contribution in [1.29, 1.82) is 0 Å². The first-order valence-corrected chi connectivity index (χ1v) is 5.39. The lowest BCUT2D eigenvalue weighted by atomic mass is 10.3. The first-order chi connectivity index (χ1) is 5.79. The van der Waals surface area contributed by atoms with Gasteiger partial charge in [0.15, 0.2) is 5.38 Å². The third kappa shape index (κ3) is 3.48. The van der Waals surface area contributed by atoms with Crippen molar-refractivity contribution in [3.8, 4) is 0 Å². The largest absolute Gasteiger partial charge is 0.550 e. The van der Waals surface area contributed by atoms with E-state index in [1.54, 1.807) is 6.20 Å². The fourth-order valence-corrected chi connectivity index (χ4v) is 2.22. The van der Waals surface area contributed by atoms with Crippen molar-refractivity contribution >= 4 is 16.4 Å². The minimum atomic E-state index is -0.950. The zero-order valence-electron chi connectivity index (χ0n) is 6.73. The first-order valence-electron chi connectivity index (χ1n) is 3.87. The Morgan fingerprint density at radius 3 is 2.92 bits per heavy atom. The fraction of sp³-hybridized carbons (Fsp3) is 0.500. The van der Waals surface area contributed by atoms with Gasteiger partial charge in [-0.3, -0.25) is 0 Å². The van der Waals surface area contributed by atoms with Gasteiger partial charge in [0.1, 0.15) is 5.75 Å². The van der Waals surface area contributed by atoms with Gasteiger partial charge in [-0.1, -0.05) is 0 Å².